The SMILES string of the molecule is COc1ccc(C)cc1NS(=O)(=O)c1ccc(NC(=O)CN(c2cc(Cl)ccc2C)S(C)(=O)=O)cc1. The van der Waals surface area contributed by atoms with E-state index in [1.807, 2.05) is 6.92 Å². The van der Waals surface area contributed by atoms with Gasteiger partial charge in [0.25, 0.3) is 10.0 Å². The molecule has 2 N–H and O–H groups in total. The molecule has 0 bridgehead atoms. The summed E-state index contributed by atoms with van der Waals surface area (Å²) < 4.78 is 59.1. The molecule has 9 nitrogen and oxygen atoms in total. The molecule has 0 unspecified atom stereocenters. The fourth-order valence-electron chi connectivity index (χ4n) is 3.39. The van der Waals surface area contributed by atoms with Gasteiger partial charge in [-0.05, 0) is 73.5 Å². The van der Waals surface area contributed by atoms with E-state index in [2.05, 4.69) is 10.0 Å². The van der Waals surface area contributed by atoms with Crippen molar-refractivity contribution in [2.24, 2.45) is 0 Å². The summed E-state index contributed by atoms with van der Waals surface area (Å²) in [5, 5.41) is 2.92. The number of nitrogens with one attached hydrogen (secondary N) is 2. The zero-order valence-electron chi connectivity index (χ0n) is 20.1. The third kappa shape index (κ3) is 6.68. The maximum atomic E-state index is 12.8. The van der Waals surface area contributed by atoms with Crippen molar-refractivity contribution < 1.29 is 26.4 Å². The first-order valence-corrected chi connectivity index (χ1v) is 14.3. The molecule has 36 heavy (non-hydrogen) atoms. The van der Waals surface area contributed by atoms with E-state index in [1.165, 1.54) is 37.4 Å². The lowest BCUT2D eigenvalue weighted by Crippen LogP contribution is -2.37. The molecule has 0 saturated carbocycles. The van der Waals surface area contributed by atoms with Gasteiger partial charge in [0.05, 0.1) is 29.6 Å². The van der Waals surface area contributed by atoms with E-state index in [4.69, 9.17) is 16.3 Å². The molecule has 0 aliphatic rings. The fourth-order valence-corrected chi connectivity index (χ4v) is 5.52. The highest BCUT2D eigenvalue weighted by Gasteiger charge is 2.23. The Morgan fingerprint density at radius 2 is 1.64 bits per heavy atom. The van der Waals surface area contributed by atoms with Gasteiger partial charge in [0.15, 0.2) is 0 Å². The number of halogens is 1. The van der Waals surface area contributed by atoms with Gasteiger partial charge in [0, 0.05) is 10.7 Å². The average molecular weight is 552 g/mol. The molecular formula is C24H26ClN3O6S2. The van der Waals surface area contributed by atoms with Gasteiger partial charge in [-0.15, -0.1) is 0 Å². The topological polar surface area (TPSA) is 122 Å². The number of ether oxygens (including phenoxy) is 1. The molecule has 0 heterocycles. The predicted molar refractivity (Wildman–Crippen MR) is 142 cm³/mol. The molecule has 0 spiro atoms. The number of hydrogen-bond donors (Lipinski definition) is 2. The molecule has 3 aromatic carbocycles. The minimum Gasteiger partial charge on any atom is -0.495 e. The van der Waals surface area contributed by atoms with E-state index >= 15 is 0 Å². The summed E-state index contributed by atoms with van der Waals surface area (Å²) in [4.78, 5) is 12.6. The lowest BCUT2D eigenvalue weighted by Gasteiger charge is -2.24. The molecule has 0 saturated heterocycles. The van der Waals surface area contributed by atoms with Crippen LogP contribution >= 0.6 is 11.6 Å². The smallest absolute Gasteiger partial charge is 0.262 e. The summed E-state index contributed by atoms with van der Waals surface area (Å²) in [5.74, 6) is -0.239. The van der Waals surface area contributed by atoms with E-state index in [1.54, 1.807) is 37.3 Å². The normalized spacial score (nSPS) is 11.6. The van der Waals surface area contributed by atoms with Gasteiger partial charge in [-0.2, -0.15) is 0 Å². The fraction of sp³-hybridized carbons (Fsp3) is 0.208. The van der Waals surface area contributed by atoms with Crippen LogP contribution in [-0.4, -0.2) is 42.7 Å². The molecule has 3 rings (SSSR count). The quantitative estimate of drug-likeness (QED) is 0.411. The zero-order chi connectivity index (χ0) is 26.7. The number of rotatable bonds is 9. The van der Waals surface area contributed by atoms with Crippen molar-refractivity contribution in [3.8, 4) is 5.75 Å². The first-order valence-electron chi connectivity index (χ1n) is 10.6. The molecule has 192 valence electrons. The van der Waals surface area contributed by atoms with Crippen LogP contribution < -0.4 is 19.1 Å². The standard InChI is InChI=1S/C24H26ClN3O6S2/c1-16-5-12-23(34-3)21(13-16)27-36(32,33)20-10-8-19(9-11-20)26-24(29)15-28(35(4,30)31)22-14-18(25)7-6-17(22)2/h5-14,27H,15H2,1-4H3,(H,26,29). The second-order valence-electron chi connectivity index (χ2n) is 8.08. The van der Waals surface area contributed by atoms with Crippen LogP contribution in [0.3, 0.4) is 0 Å². The Hall–Kier alpha value is -3.28. The molecule has 0 aliphatic heterocycles. The Morgan fingerprint density at radius 3 is 2.25 bits per heavy atom. The van der Waals surface area contributed by atoms with Gasteiger partial charge in [0.2, 0.25) is 15.9 Å². The summed E-state index contributed by atoms with van der Waals surface area (Å²) in [5.41, 5.74) is 2.36. The van der Waals surface area contributed by atoms with E-state index in [9.17, 15) is 21.6 Å². The van der Waals surface area contributed by atoms with Crippen LogP contribution in [0, 0.1) is 13.8 Å². The highest BCUT2D eigenvalue weighted by molar-refractivity contribution is 7.92. The van der Waals surface area contributed by atoms with Crippen LogP contribution in [0.15, 0.2) is 65.6 Å². The van der Waals surface area contributed by atoms with Crippen molar-refractivity contribution in [1.29, 1.82) is 0 Å². The number of nitrogens with zero attached hydrogens (tertiary/aromatic N) is 1. The first-order chi connectivity index (χ1) is 16.8. The minimum absolute atomic E-state index is 0.0311. The van der Waals surface area contributed by atoms with E-state index in [0.717, 1.165) is 16.1 Å². The van der Waals surface area contributed by atoms with Crippen LogP contribution in [0.4, 0.5) is 17.1 Å². The minimum atomic E-state index is -3.93. The number of carbonyl (C=O) groups is 1. The number of hydrogen-bond acceptors (Lipinski definition) is 6. The summed E-state index contributed by atoms with van der Waals surface area (Å²) in [6, 6.07) is 15.4. The summed E-state index contributed by atoms with van der Waals surface area (Å²) in [7, 11) is -6.28. The van der Waals surface area contributed by atoms with E-state index in [-0.39, 0.29) is 4.90 Å². The zero-order valence-corrected chi connectivity index (χ0v) is 22.5. The third-order valence-corrected chi connectivity index (χ3v) is 7.92. The molecular weight excluding hydrogens is 526 g/mol. The highest BCUT2D eigenvalue weighted by Crippen LogP contribution is 2.29. The predicted octanol–water partition coefficient (Wildman–Crippen LogP) is 4.17. The highest BCUT2D eigenvalue weighted by atomic mass is 35.5. The Balaban J connectivity index is 1.76. The summed E-state index contributed by atoms with van der Waals surface area (Å²) >= 11 is 6.02. The van der Waals surface area contributed by atoms with Gasteiger partial charge >= 0.3 is 0 Å². The molecule has 0 atom stereocenters. The largest absolute Gasteiger partial charge is 0.495 e. The molecule has 0 fully saturated rings. The number of sulfonamides is 2. The summed E-state index contributed by atoms with van der Waals surface area (Å²) in [6.07, 6.45) is 0.997. The monoisotopic (exact) mass is 551 g/mol. The molecule has 1 amide bonds. The number of benzene rings is 3. The van der Waals surface area contributed by atoms with Crippen molar-refractivity contribution in [2.45, 2.75) is 18.7 Å². The maximum Gasteiger partial charge on any atom is 0.262 e. The Labute approximate surface area is 216 Å². The van der Waals surface area contributed by atoms with Gasteiger partial charge in [-0.1, -0.05) is 23.7 Å². The maximum absolute atomic E-state index is 12.8. The third-order valence-electron chi connectivity index (χ3n) is 5.18. The molecule has 12 heteroatoms. The van der Waals surface area contributed by atoms with E-state index < -0.39 is 32.5 Å². The second-order valence-corrected chi connectivity index (χ2v) is 12.1. The number of carbonyl (C=O) groups excluding carboxylic acids is 1. The van der Waals surface area contributed by atoms with Crippen LogP contribution in [0.5, 0.6) is 5.75 Å². The Morgan fingerprint density at radius 1 is 0.972 bits per heavy atom. The molecule has 0 aliphatic carbocycles. The van der Waals surface area contributed by atoms with Crippen LogP contribution in [0.1, 0.15) is 11.1 Å². The number of methoxy groups -OCH3 is 1. The van der Waals surface area contributed by atoms with Crippen molar-refractivity contribution >= 4 is 54.6 Å². The van der Waals surface area contributed by atoms with Crippen molar-refractivity contribution in [1.82, 2.24) is 0 Å². The van der Waals surface area contributed by atoms with Crippen LogP contribution in [0.25, 0.3) is 0 Å². The van der Waals surface area contributed by atoms with Crippen LogP contribution in [-0.2, 0) is 24.8 Å². The van der Waals surface area contributed by atoms with Gasteiger partial charge in [0.1, 0.15) is 12.3 Å². The Kier molecular flexibility index (Phi) is 8.17. The lowest BCUT2D eigenvalue weighted by molar-refractivity contribution is -0.114. The van der Waals surface area contributed by atoms with Gasteiger partial charge < -0.3 is 10.1 Å². The molecule has 0 radical (unpaired) electrons. The Bertz CT molecular complexity index is 1490. The van der Waals surface area contributed by atoms with Crippen molar-refractivity contribution in [2.75, 3.05) is 34.3 Å². The van der Waals surface area contributed by atoms with Gasteiger partial charge in [-0.3, -0.25) is 13.8 Å². The van der Waals surface area contributed by atoms with Crippen molar-refractivity contribution in [3.63, 3.8) is 0 Å². The lowest BCUT2D eigenvalue weighted by atomic mass is 10.2. The first kappa shape index (κ1) is 27.3. The molecule has 3 aromatic rings. The van der Waals surface area contributed by atoms with E-state index in [0.29, 0.717) is 33.4 Å². The van der Waals surface area contributed by atoms with Crippen molar-refractivity contribution in [3.05, 3.63) is 76.8 Å². The number of anilines is 3. The number of amides is 1. The summed E-state index contributed by atoms with van der Waals surface area (Å²) in [6.45, 7) is 3.05. The number of aryl methyl sites for hydroxylation is 2. The molecule has 0 aromatic heterocycles. The second kappa shape index (κ2) is 10.8. The van der Waals surface area contributed by atoms with Crippen LogP contribution in [0.2, 0.25) is 5.02 Å². The van der Waals surface area contributed by atoms with Gasteiger partial charge in [-0.25, -0.2) is 16.8 Å². The average Bonchev–Trinajstić information content (AvgIpc) is 2.79.